The monoisotopic (exact) mass is 530 g/mol. The summed E-state index contributed by atoms with van der Waals surface area (Å²) in [5.74, 6) is -1.42. The highest BCUT2D eigenvalue weighted by Crippen LogP contribution is 2.21. The zero-order chi connectivity index (χ0) is 28.6. The molecular weight excluding hydrogens is 492 g/mol. The maximum absolute atomic E-state index is 13.2. The van der Waals surface area contributed by atoms with E-state index in [2.05, 4.69) is 20.9 Å². The third-order valence-electron chi connectivity index (χ3n) is 5.42. The molecule has 0 radical (unpaired) electrons. The summed E-state index contributed by atoms with van der Waals surface area (Å²) in [5, 5.41) is 8.79. The predicted molar refractivity (Wildman–Crippen MR) is 146 cm³/mol. The van der Waals surface area contributed by atoms with E-state index >= 15 is 0 Å². The fraction of sp³-hybridized carbons (Fsp3) is 0.500. The Morgan fingerprint density at radius 3 is 2.37 bits per heavy atom. The fourth-order valence-corrected chi connectivity index (χ4v) is 3.64. The highest BCUT2D eigenvalue weighted by molar-refractivity contribution is 5.99. The zero-order valence-electron chi connectivity index (χ0n) is 22.7. The van der Waals surface area contributed by atoms with Crippen LogP contribution in [0, 0.1) is 12.8 Å². The standard InChI is InChI=1S/C26H38N6O6/c1-14(2)21(32-25(36)38-26(4,5)6)23(35)31-18(8-7-11-29-24(27)28)22(34)30-16-9-10-17-15(3)12-20(33)37-19(17)13-16/h9-10,12-14,18,21H,7-8,11H2,1-6H3,(H,30,34)(H,31,35)(H,32,36)(H4,27,28,29)/t18-,21+/m0/s1. The molecule has 0 aliphatic rings. The van der Waals surface area contributed by atoms with Gasteiger partial charge in [0, 0.05) is 29.8 Å². The Labute approximate surface area is 221 Å². The number of nitrogens with zero attached hydrogens (tertiary/aromatic N) is 1. The second kappa shape index (κ2) is 12.9. The summed E-state index contributed by atoms with van der Waals surface area (Å²) in [7, 11) is 0. The lowest BCUT2D eigenvalue weighted by atomic mass is 10.0. The maximum atomic E-state index is 13.2. The van der Waals surface area contributed by atoms with Crippen LogP contribution in [0.2, 0.25) is 0 Å². The van der Waals surface area contributed by atoms with Crippen molar-refractivity contribution in [1.82, 2.24) is 10.6 Å². The zero-order valence-corrected chi connectivity index (χ0v) is 22.7. The average Bonchev–Trinajstić information content (AvgIpc) is 2.77. The van der Waals surface area contributed by atoms with Crippen LogP contribution in [-0.2, 0) is 14.3 Å². The third kappa shape index (κ3) is 9.41. The summed E-state index contributed by atoms with van der Waals surface area (Å²) in [6.07, 6.45) is -0.130. The number of carbonyl (C=O) groups excluding carboxylic acids is 3. The number of nitrogens with two attached hydrogens (primary N) is 2. The summed E-state index contributed by atoms with van der Waals surface area (Å²) in [6.45, 7) is 10.7. The molecule has 3 amide bonds. The number of aliphatic imine (C=N–C) groups is 1. The molecule has 0 unspecified atom stereocenters. The van der Waals surface area contributed by atoms with Crippen molar-refractivity contribution in [3.8, 4) is 0 Å². The molecule has 0 fully saturated rings. The highest BCUT2D eigenvalue weighted by atomic mass is 16.6. The number of hydrogen-bond acceptors (Lipinski definition) is 7. The highest BCUT2D eigenvalue weighted by Gasteiger charge is 2.30. The maximum Gasteiger partial charge on any atom is 0.408 e. The first-order valence-electron chi connectivity index (χ1n) is 12.4. The van der Waals surface area contributed by atoms with E-state index in [-0.39, 0.29) is 24.8 Å². The van der Waals surface area contributed by atoms with E-state index in [0.717, 1.165) is 10.9 Å². The molecule has 0 aliphatic heterocycles. The lowest BCUT2D eigenvalue weighted by molar-refractivity contribution is -0.128. The van der Waals surface area contributed by atoms with Crippen molar-refractivity contribution in [3.05, 3.63) is 40.2 Å². The Balaban J connectivity index is 2.22. The largest absolute Gasteiger partial charge is 0.444 e. The van der Waals surface area contributed by atoms with Crippen LogP contribution in [0.5, 0.6) is 0 Å². The van der Waals surface area contributed by atoms with Crippen molar-refractivity contribution in [2.45, 2.75) is 72.1 Å². The van der Waals surface area contributed by atoms with E-state index in [9.17, 15) is 19.2 Å². The minimum Gasteiger partial charge on any atom is -0.444 e. The lowest BCUT2D eigenvalue weighted by Gasteiger charge is -2.27. The molecule has 12 heteroatoms. The summed E-state index contributed by atoms with van der Waals surface area (Å²) < 4.78 is 10.5. The van der Waals surface area contributed by atoms with Gasteiger partial charge in [0.25, 0.3) is 0 Å². The van der Waals surface area contributed by atoms with Crippen LogP contribution in [0.3, 0.4) is 0 Å². The Morgan fingerprint density at radius 2 is 1.76 bits per heavy atom. The minimum atomic E-state index is -0.974. The quantitative estimate of drug-likeness (QED) is 0.133. The molecular formula is C26H38N6O6. The number of nitrogens with one attached hydrogen (secondary N) is 3. The lowest BCUT2D eigenvalue weighted by Crippen LogP contribution is -2.55. The van der Waals surface area contributed by atoms with Gasteiger partial charge in [-0.2, -0.15) is 0 Å². The smallest absolute Gasteiger partial charge is 0.408 e. The molecule has 2 rings (SSSR count). The van der Waals surface area contributed by atoms with Crippen LogP contribution in [0.4, 0.5) is 10.5 Å². The first-order valence-corrected chi connectivity index (χ1v) is 12.4. The van der Waals surface area contributed by atoms with E-state index in [1.165, 1.54) is 6.07 Å². The van der Waals surface area contributed by atoms with Gasteiger partial charge in [0.15, 0.2) is 5.96 Å². The second-order valence-corrected chi connectivity index (χ2v) is 10.3. The third-order valence-corrected chi connectivity index (χ3v) is 5.42. The van der Waals surface area contributed by atoms with Crippen LogP contribution in [-0.4, -0.2) is 48.1 Å². The van der Waals surface area contributed by atoms with Crippen molar-refractivity contribution in [2.75, 3.05) is 11.9 Å². The van der Waals surface area contributed by atoms with E-state index < -0.39 is 41.2 Å². The SMILES string of the molecule is Cc1cc(=O)oc2cc(NC(=O)[C@H](CCCN=C(N)N)NC(=O)[C@H](NC(=O)OC(C)(C)C)C(C)C)ccc12. The predicted octanol–water partition coefficient (Wildman–Crippen LogP) is 2.13. The number of fused-ring (bicyclic) bond motifs is 1. The molecule has 2 aromatic rings. The number of aryl methyl sites for hydroxylation is 1. The van der Waals surface area contributed by atoms with Gasteiger partial charge in [-0.15, -0.1) is 0 Å². The van der Waals surface area contributed by atoms with Crippen molar-refractivity contribution < 1.29 is 23.5 Å². The molecule has 0 saturated heterocycles. The van der Waals surface area contributed by atoms with Crippen molar-refractivity contribution in [3.63, 3.8) is 0 Å². The van der Waals surface area contributed by atoms with Crippen LogP contribution in [0.15, 0.2) is 38.5 Å². The summed E-state index contributed by atoms with van der Waals surface area (Å²) in [4.78, 5) is 54.4. The van der Waals surface area contributed by atoms with Crippen LogP contribution < -0.4 is 33.0 Å². The Morgan fingerprint density at radius 1 is 1.08 bits per heavy atom. The second-order valence-electron chi connectivity index (χ2n) is 10.3. The van der Waals surface area contributed by atoms with E-state index in [1.807, 2.05) is 0 Å². The van der Waals surface area contributed by atoms with Gasteiger partial charge in [-0.25, -0.2) is 9.59 Å². The number of benzene rings is 1. The van der Waals surface area contributed by atoms with Crippen molar-refractivity contribution in [1.29, 1.82) is 0 Å². The van der Waals surface area contributed by atoms with Gasteiger partial charge in [0.05, 0.1) is 0 Å². The molecule has 0 bridgehead atoms. The number of ether oxygens (including phenoxy) is 1. The van der Waals surface area contributed by atoms with Crippen molar-refractivity contribution >= 4 is 40.5 Å². The molecule has 208 valence electrons. The Kier molecular flexibility index (Phi) is 10.3. The molecule has 1 aromatic carbocycles. The minimum absolute atomic E-state index is 0.0792. The van der Waals surface area contributed by atoms with Gasteiger partial charge in [-0.05, 0) is 64.2 Å². The summed E-state index contributed by atoms with van der Waals surface area (Å²) in [6, 6.07) is 4.41. The van der Waals surface area contributed by atoms with Gasteiger partial charge < -0.3 is 36.6 Å². The number of rotatable bonds is 10. The normalized spacial score (nSPS) is 12.9. The number of carbonyl (C=O) groups is 3. The average molecular weight is 531 g/mol. The number of amides is 3. The molecule has 0 saturated carbocycles. The molecule has 1 heterocycles. The summed E-state index contributed by atoms with van der Waals surface area (Å²) in [5.41, 5.74) is 11.0. The topological polar surface area (TPSA) is 191 Å². The van der Waals surface area contributed by atoms with Crippen LogP contribution in [0.25, 0.3) is 11.0 Å². The van der Waals surface area contributed by atoms with Crippen LogP contribution in [0.1, 0.15) is 53.0 Å². The Bertz CT molecular complexity index is 1240. The van der Waals surface area contributed by atoms with E-state index in [0.29, 0.717) is 17.7 Å². The van der Waals surface area contributed by atoms with Crippen LogP contribution >= 0.6 is 0 Å². The number of anilines is 1. The first kappa shape index (κ1) is 30.1. The summed E-state index contributed by atoms with van der Waals surface area (Å²) >= 11 is 0. The molecule has 2 atom stereocenters. The van der Waals surface area contributed by atoms with Gasteiger partial charge in [-0.3, -0.25) is 14.6 Å². The van der Waals surface area contributed by atoms with Gasteiger partial charge in [-0.1, -0.05) is 13.8 Å². The molecule has 0 spiro atoms. The van der Waals surface area contributed by atoms with Gasteiger partial charge in [0.2, 0.25) is 11.8 Å². The number of hydrogen-bond donors (Lipinski definition) is 5. The Hall–Kier alpha value is -4.09. The van der Waals surface area contributed by atoms with Gasteiger partial charge in [0.1, 0.15) is 23.3 Å². The molecule has 12 nitrogen and oxygen atoms in total. The van der Waals surface area contributed by atoms with E-state index in [4.69, 9.17) is 20.6 Å². The first-order chi connectivity index (χ1) is 17.7. The van der Waals surface area contributed by atoms with Gasteiger partial charge >= 0.3 is 11.7 Å². The fourth-order valence-electron chi connectivity index (χ4n) is 3.64. The molecule has 1 aromatic heterocycles. The number of alkyl carbamates (subject to hydrolysis) is 1. The molecule has 38 heavy (non-hydrogen) atoms. The molecule has 0 aliphatic carbocycles. The number of guanidine groups is 1. The van der Waals surface area contributed by atoms with Crippen molar-refractivity contribution in [2.24, 2.45) is 22.4 Å². The molecule has 7 N–H and O–H groups in total. The van der Waals surface area contributed by atoms with E-state index in [1.54, 1.807) is 59.7 Å².